The number of amides is 2. The first-order chi connectivity index (χ1) is 17.9. The van der Waals surface area contributed by atoms with E-state index in [4.69, 9.17) is 0 Å². The fourth-order valence-corrected chi connectivity index (χ4v) is 5.23. The molecule has 6 heteroatoms. The van der Waals surface area contributed by atoms with Gasteiger partial charge in [-0.1, -0.05) is 69.5 Å². The van der Waals surface area contributed by atoms with Crippen molar-refractivity contribution in [3.8, 4) is 0 Å². The van der Waals surface area contributed by atoms with E-state index in [2.05, 4.69) is 29.0 Å². The van der Waals surface area contributed by atoms with E-state index < -0.39 is 5.82 Å². The maximum absolute atomic E-state index is 13.9. The summed E-state index contributed by atoms with van der Waals surface area (Å²) in [4.78, 5) is 30.8. The Morgan fingerprint density at radius 3 is 2.43 bits per heavy atom. The molecule has 1 saturated carbocycles. The smallest absolute Gasteiger partial charge is 0.254 e. The highest BCUT2D eigenvalue weighted by atomic mass is 19.1. The highest BCUT2D eigenvalue weighted by molar-refractivity contribution is 5.96. The largest absolute Gasteiger partial charge is 0.345 e. The summed E-state index contributed by atoms with van der Waals surface area (Å²) in [6, 6.07) is 20.3. The maximum Gasteiger partial charge on any atom is 0.254 e. The first kappa shape index (κ1) is 26.6. The highest BCUT2D eigenvalue weighted by Gasteiger charge is 2.29. The lowest BCUT2D eigenvalue weighted by molar-refractivity contribution is -0.135. The van der Waals surface area contributed by atoms with Crippen LogP contribution in [0.15, 0.2) is 72.9 Å². The Labute approximate surface area is 219 Å². The average Bonchev–Trinajstić information content (AvgIpc) is 3.33. The molecule has 1 heterocycles. The van der Waals surface area contributed by atoms with Crippen LogP contribution >= 0.6 is 0 Å². The van der Waals surface area contributed by atoms with E-state index >= 15 is 0 Å². The Morgan fingerprint density at radius 1 is 0.973 bits per heavy atom. The van der Waals surface area contributed by atoms with E-state index in [9.17, 15) is 14.0 Å². The molecular weight excluding hydrogens is 465 g/mol. The second-order valence-electron chi connectivity index (χ2n) is 10.5. The van der Waals surface area contributed by atoms with Gasteiger partial charge in [-0.15, -0.1) is 0 Å². The summed E-state index contributed by atoms with van der Waals surface area (Å²) in [6.45, 7) is 5.71. The van der Waals surface area contributed by atoms with Gasteiger partial charge < -0.3 is 14.4 Å². The minimum absolute atomic E-state index is 0.0105. The van der Waals surface area contributed by atoms with Gasteiger partial charge in [0, 0.05) is 36.6 Å². The van der Waals surface area contributed by atoms with Gasteiger partial charge in [0.1, 0.15) is 12.4 Å². The molecule has 0 bridgehead atoms. The number of hydrogen-bond donors (Lipinski definition) is 0. The first-order valence-electron chi connectivity index (χ1n) is 13.4. The zero-order valence-electron chi connectivity index (χ0n) is 22.0. The van der Waals surface area contributed by atoms with Gasteiger partial charge in [0.25, 0.3) is 5.91 Å². The van der Waals surface area contributed by atoms with Crippen LogP contribution in [0, 0.1) is 11.7 Å². The Balaban J connectivity index is 1.55. The van der Waals surface area contributed by atoms with Crippen molar-refractivity contribution in [2.75, 3.05) is 13.1 Å². The van der Waals surface area contributed by atoms with Crippen molar-refractivity contribution in [2.45, 2.75) is 65.1 Å². The number of carbonyl (C=O) groups excluding carboxylic acids is 2. The summed E-state index contributed by atoms with van der Waals surface area (Å²) in [5.74, 6) is -0.636. The van der Waals surface area contributed by atoms with Crippen molar-refractivity contribution < 1.29 is 14.0 Å². The molecule has 2 aromatic carbocycles. The van der Waals surface area contributed by atoms with E-state index in [-0.39, 0.29) is 35.9 Å². The number of rotatable bonds is 10. The van der Waals surface area contributed by atoms with Gasteiger partial charge in [-0.25, -0.2) is 4.39 Å². The Bertz CT molecular complexity index is 1170. The monoisotopic (exact) mass is 503 g/mol. The van der Waals surface area contributed by atoms with Crippen LogP contribution in [0.25, 0.3) is 0 Å². The second kappa shape index (κ2) is 12.7. The summed E-state index contributed by atoms with van der Waals surface area (Å²) in [5, 5.41) is 0. The van der Waals surface area contributed by atoms with Crippen LogP contribution in [0.2, 0.25) is 0 Å². The van der Waals surface area contributed by atoms with Crippen LogP contribution in [0.1, 0.15) is 67.6 Å². The van der Waals surface area contributed by atoms with E-state index in [1.54, 1.807) is 11.0 Å². The molecule has 0 radical (unpaired) electrons. The van der Waals surface area contributed by atoms with Gasteiger partial charge in [-0.05, 0) is 54.7 Å². The lowest BCUT2D eigenvalue weighted by Gasteiger charge is -2.36. The molecular formula is C31H38FN3O2. The molecule has 2 amide bonds. The Hall–Kier alpha value is -3.41. The fourth-order valence-electron chi connectivity index (χ4n) is 5.23. The van der Waals surface area contributed by atoms with Gasteiger partial charge in [0.15, 0.2) is 0 Å². The molecule has 196 valence electrons. The summed E-state index contributed by atoms with van der Waals surface area (Å²) >= 11 is 0. The molecule has 37 heavy (non-hydrogen) atoms. The number of hydrogen-bond acceptors (Lipinski definition) is 2. The zero-order chi connectivity index (χ0) is 26.2. The van der Waals surface area contributed by atoms with Crippen LogP contribution in [0.4, 0.5) is 4.39 Å². The lowest BCUT2D eigenvalue weighted by Crippen LogP contribution is -2.48. The molecule has 0 saturated heterocycles. The molecule has 5 nitrogen and oxygen atoms in total. The number of aromatic nitrogens is 1. The van der Waals surface area contributed by atoms with Crippen LogP contribution in [-0.4, -0.2) is 45.3 Å². The molecule has 0 spiro atoms. The lowest BCUT2D eigenvalue weighted by atomic mass is 9.94. The van der Waals surface area contributed by atoms with Crippen molar-refractivity contribution in [1.82, 2.24) is 14.4 Å². The van der Waals surface area contributed by atoms with Crippen LogP contribution < -0.4 is 0 Å². The molecule has 1 aliphatic carbocycles. The normalized spacial score (nSPS) is 14.1. The van der Waals surface area contributed by atoms with Crippen molar-refractivity contribution in [1.29, 1.82) is 0 Å². The number of carbonyl (C=O) groups is 2. The van der Waals surface area contributed by atoms with Crippen molar-refractivity contribution in [2.24, 2.45) is 5.92 Å². The standard InChI is InChI=1S/C31H38FN3O2/c1-24(2)20-34(31(37)26-13-9-14-27(32)19-26)23-30(36)35(28-15-7-4-8-16-28)22-29-17-10-18-33(29)21-25-11-5-3-6-12-25/h3,5-6,9-14,17-19,24,28H,4,7-8,15-16,20-23H2,1-2H3. The predicted octanol–water partition coefficient (Wildman–Crippen LogP) is 6.14. The highest BCUT2D eigenvalue weighted by Crippen LogP contribution is 2.25. The molecule has 0 aliphatic heterocycles. The molecule has 1 fully saturated rings. The molecule has 0 atom stereocenters. The number of nitrogens with zero attached hydrogens (tertiary/aromatic N) is 3. The maximum atomic E-state index is 13.9. The van der Waals surface area contributed by atoms with Crippen molar-refractivity contribution >= 4 is 11.8 Å². The SMILES string of the molecule is CC(C)CN(CC(=O)N(Cc1cccn1Cc1ccccc1)C1CCCCC1)C(=O)c1cccc(F)c1. The third-order valence-electron chi connectivity index (χ3n) is 7.06. The summed E-state index contributed by atoms with van der Waals surface area (Å²) in [6.07, 6.45) is 7.43. The van der Waals surface area contributed by atoms with Gasteiger partial charge in [-0.3, -0.25) is 9.59 Å². The minimum Gasteiger partial charge on any atom is -0.345 e. The zero-order valence-corrected chi connectivity index (χ0v) is 22.0. The van der Waals surface area contributed by atoms with Crippen LogP contribution in [-0.2, 0) is 17.9 Å². The summed E-state index contributed by atoms with van der Waals surface area (Å²) in [7, 11) is 0. The first-order valence-corrected chi connectivity index (χ1v) is 13.4. The van der Waals surface area contributed by atoms with Crippen molar-refractivity contribution in [3.63, 3.8) is 0 Å². The second-order valence-corrected chi connectivity index (χ2v) is 10.5. The van der Waals surface area contributed by atoms with E-state index in [1.165, 1.54) is 30.2 Å². The van der Waals surface area contributed by atoms with Crippen molar-refractivity contribution in [3.05, 3.63) is 95.6 Å². The van der Waals surface area contributed by atoms with Gasteiger partial charge >= 0.3 is 0 Å². The molecule has 4 rings (SSSR count). The Kier molecular flexibility index (Phi) is 9.15. The average molecular weight is 504 g/mol. The van der Waals surface area contributed by atoms with Gasteiger partial charge in [0.2, 0.25) is 5.91 Å². The quantitative estimate of drug-likeness (QED) is 0.334. The van der Waals surface area contributed by atoms with Crippen LogP contribution in [0.5, 0.6) is 0 Å². The number of benzene rings is 2. The summed E-state index contributed by atoms with van der Waals surface area (Å²) < 4.78 is 16.0. The topological polar surface area (TPSA) is 45.6 Å². The third kappa shape index (κ3) is 7.31. The van der Waals surface area contributed by atoms with Gasteiger partial charge in [0.05, 0.1) is 6.54 Å². The van der Waals surface area contributed by atoms with Crippen LogP contribution in [0.3, 0.4) is 0 Å². The summed E-state index contributed by atoms with van der Waals surface area (Å²) in [5.41, 5.74) is 2.56. The third-order valence-corrected chi connectivity index (χ3v) is 7.06. The van der Waals surface area contributed by atoms with E-state index in [1.807, 2.05) is 43.0 Å². The van der Waals surface area contributed by atoms with E-state index in [0.717, 1.165) is 37.9 Å². The molecule has 1 aromatic heterocycles. The van der Waals surface area contributed by atoms with Gasteiger partial charge in [-0.2, -0.15) is 0 Å². The molecule has 1 aliphatic rings. The minimum atomic E-state index is -0.454. The molecule has 0 N–H and O–H groups in total. The van der Waals surface area contributed by atoms with E-state index in [0.29, 0.717) is 13.1 Å². The Morgan fingerprint density at radius 2 is 1.73 bits per heavy atom. The molecule has 3 aromatic rings. The number of halogens is 1. The predicted molar refractivity (Wildman–Crippen MR) is 145 cm³/mol. The molecule has 0 unspecified atom stereocenters. The fraction of sp³-hybridized carbons (Fsp3) is 0.419.